The Hall–Kier alpha value is -9.39. The van der Waals surface area contributed by atoms with Gasteiger partial charge in [-0.05, 0) is 76.9 Å². The average Bonchev–Trinajstić information content (AvgIpc) is 4.07. The van der Waals surface area contributed by atoms with E-state index in [0.29, 0.717) is 17.6 Å². The number of hydrogen-bond donors (Lipinski definition) is 0. The Bertz CT molecular complexity index is 4230. The minimum Gasteiger partial charge on any atom is -0.309 e. The largest absolute Gasteiger partial charge is 0.309 e. The van der Waals surface area contributed by atoms with Gasteiger partial charge in [0.2, 0.25) is 5.95 Å². The lowest BCUT2D eigenvalue weighted by atomic mass is 10.0. The number of aromatic nitrogens is 6. The van der Waals surface area contributed by atoms with Crippen molar-refractivity contribution in [3.05, 3.63) is 243 Å². The summed E-state index contributed by atoms with van der Waals surface area (Å²) in [6.07, 6.45) is 0. The highest BCUT2D eigenvalue weighted by molar-refractivity contribution is 6.24. The van der Waals surface area contributed by atoms with Gasteiger partial charge in [0.15, 0.2) is 11.6 Å². The van der Waals surface area contributed by atoms with Crippen LogP contribution >= 0.6 is 0 Å². The second-order valence-corrected chi connectivity index (χ2v) is 17.6. The van der Waals surface area contributed by atoms with Crippen LogP contribution in [-0.2, 0) is 0 Å². The maximum absolute atomic E-state index is 5.52. The van der Waals surface area contributed by atoms with Gasteiger partial charge in [0.25, 0.3) is 0 Å². The van der Waals surface area contributed by atoms with Crippen molar-refractivity contribution in [2.75, 3.05) is 0 Å². The molecule has 4 heterocycles. The standard InChI is InChI=1S/C63H40N6/c1-4-17-41(18-5-1)43-31-33-44(34-32-43)61-64-62(46-22-16-21-45(39-46)42-19-6-2-7-20-42)66-63(65-61)69-58-38-35-48(67-55-28-13-10-25-49(55)50-26-11-14-29-56(50)67)40-54(58)53-37-36-52-51-27-12-15-30-57(51)68(59(52)60(53)69)47-23-8-3-9-24-47/h1-40H. The van der Waals surface area contributed by atoms with Gasteiger partial charge in [-0.25, -0.2) is 4.98 Å². The lowest BCUT2D eigenvalue weighted by molar-refractivity contribution is 0.953. The van der Waals surface area contributed by atoms with E-state index >= 15 is 0 Å². The van der Waals surface area contributed by atoms with Gasteiger partial charge in [0.1, 0.15) is 0 Å². The fraction of sp³-hybridized carbons (Fsp3) is 0. The SMILES string of the molecule is c1ccc(-c2ccc(-c3nc(-c4cccc(-c5ccccc5)c4)nc(-n4c5ccc(-n6c7ccccc7c7ccccc76)cc5c5ccc6c7ccccc7n(-c7ccccc7)c6c54)n3)cc2)cc1. The molecule has 69 heavy (non-hydrogen) atoms. The molecule has 0 bridgehead atoms. The van der Waals surface area contributed by atoms with Gasteiger partial charge in [-0.15, -0.1) is 0 Å². The molecule has 0 radical (unpaired) electrons. The van der Waals surface area contributed by atoms with Gasteiger partial charge in [0.05, 0.1) is 33.1 Å². The van der Waals surface area contributed by atoms with Crippen molar-refractivity contribution in [2.45, 2.75) is 0 Å². The summed E-state index contributed by atoms with van der Waals surface area (Å²) < 4.78 is 7.09. The summed E-state index contributed by atoms with van der Waals surface area (Å²) in [7, 11) is 0. The smallest absolute Gasteiger partial charge is 0.238 e. The number of nitrogens with zero attached hydrogens (tertiary/aromatic N) is 6. The van der Waals surface area contributed by atoms with Crippen LogP contribution in [0.3, 0.4) is 0 Å². The number of hydrogen-bond acceptors (Lipinski definition) is 3. The molecule has 6 nitrogen and oxygen atoms in total. The maximum atomic E-state index is 5.52. The summed E-state index contributed by atoms with van der Waals surface area (Å²) in [5.74, 6) is 1.72. The molecular formula is C63H40N6. The molecule has 0 fully saturated rings. The van der Waals surface area contributed by atoms with E-state index < -0.39 is 0 Å². The second kappa shape index (κ2) is 15.6. The Morgan fingerprint density at radius 1 is 0.232 bits per heavy atom. The molecule has 0 aliphatic carbocycles. The third-order valence-electron chi connectivity index (χ3n) is 13.7. The monoisotopic (exact) mass is 880 g/mol. The third kappa shape index (κ3) is 6.23. The van der Waals surface area contributed by atoms with E-state index in [9.17, 15) is 0 Å². The maximum Gasteiger partial charge on any atom is 0.238 e. The third-order valence-corrected chi connectivity index (χ3v) is 13.7. The van der Waals surface area contributed by atoms with Gasteiger partial charge in [-0.3, -0.25) is 4.57 Å². The zero-order chi connectivity index (χ0) is 45.4. The van der Waals surface area contributed by atoms with Gasteiger partial charge in [-0.1, -0.05) is 188 Å². The lowest BCUT2D eigenvalue weighted by Crippen LogP contribution is -2.07. The molecular weight excluding hydrogens is 841 g/mol. The molecule has 0 atom stereocenters. The summed E-state index contributed by atoms with van der Waals surface area (Å²) in [6, 6.07) is 86.2. The average molecular weight is 881 g/mol. The first kappa shape index (κ1) is 38.8. The van der Waals surface area contributed by atoms with Crippen molar-refractivity contribution in [3.63, 3.8) is 0 Å². The first-order valence-corrected chi connectivity index (χ1v) is 23.4. The van der Waals surface area contributed by atoms with Crippen molar-refractivity contribution in [2.24, 2.45) is 0 Å². The number of fused-ring (bicyclic) bond motifs is 10. The minimum absolute atomic E-state index is 0.536. The van der Waals surface area contributed by atoms with E-state index in [1.165, 1.54) is 16.2 Å². The molecule has 0 aliphatic heterocycles. The number of benzene rings is 10. The predicted molar refractivity (Wildman–Crippen MR) is 285 cm³/mol. The first-order chi connectivity index (χ1) is 34.2. The van der Waals surface area contributed by atoms with Crippen molar-refractivity contribution in [1.29, 1.82) is 0 Å². The van der Waals surface area contributed by atoms with Gasteiger partial charge < -0.3 is 9.13 Å². The highest BCUT2D eigenvalue weighted by Gasteiger charge is 2.25. The van der Waals surface area contributed by atoms with Gasteiger partial charge in [-0.2, -0.15) is 9.97 Å². The molecule has 0 spiro atoms. The fourth-order valence-corrected chi connectivity index (χ4v) is 10.6. The Morgan fingerprint density at radius 2 is 0.681 bits per heavy atom. The van der Waals surface area contributed by atoms with Crippen LogP contribution in [0.1, 0.15) is 0 Å². The minimum atomic E-state index is 0.536. The Morgan fingerprint density at radius 3 is 1.33 bits per heavy atom. The normalized spacial score (nSPS) is 11.8. The van der Waals surface area contributed by atoms with Gasteiger partial charge >= 0.3 is 0 Å². The van der Waals surface area contributed by atoms with Crippen LogP contribution in [0, 0.1) is 0 Å². The highest BCUT2D eigenvalue weighted by Crippen LogP contribution is 2.43. The second-order valence-electron chi connectivity index (χ2n) is 17.6. The van der Waals surface area contributed by atoms with Crippen LogP contribution in [0.4, 0.5) is 0 Å². The molecule has 10 aromatic carbocycles. The molecule has 0 amide bonds. The summed E-state index contributed by atoms with van der Waals surface area (Å²) in [6.45, 7) is 0. The molecule has 14 aromatic rings. The Balaban J connectivity index is 1.09. The number of para-hydroxylation sites is 4. The molecule has 0 N–H and O–H groups in total. The van der Waals surface area contributed by atoms with Crippen LogP contribution in [0.15, 0.2) is 243 Å². The lowest BCUT2D eigenvalue weighted by Gasteiger charge is -2.14. The van der Waals surface area contributed by atoms with Crippen LogP contribution in [0.2, 0.25) is 0 Å². The molecule has 0 saturated heterocycles. The number of rotatable bonds is 7. The van der Waals surface area contributed by atoms with Crippen LogP contribution in [0.25, 0.3) is 128 Å². The first-order valence-electron chi connectivity index (χ1n) is 23.4. The molecule has 0 saturated carbocycles. The highest BCUT2D eigenvalue weighted by atomic mass is 15.2. The summed E-state index contributed by atoms with van der Waals surface area (Å²) >= 11 is 0. The summed E-state index contributed by atoms with van der Waals surface area (Å²) in [4.78, 5) is 16.3. The molecule has 14 rings (SSSR count). The van der Waals surface area contributed by atoms with E-state index in [1.807, 2.05) is 12.1 Å². The predicted octanol–water partition coefficient (Wildman–Crippen LogP) is 15.8. The van der Waals surface area contributed by atoms with Crippen molar-refractivity contribution < 1.29 is 0 Å². The zero-order valence-corrected chi connectivity index (χ0v) is 37.3. The van der Waals surface area contributed by atoms with Crippen LogP contribution in [0.5, 0.6) is 0 Å². The summed E-state index contributed by atoms with van der Waals surface area (Å²) in [5, 5.41) is 6.97. The zero-order valence-electron chi connectivity index (χ0n) is 37.3. The van der Waals surface area contributed by atoms with Crippen LogP contribution in [-0.4, -0.2) is 28.7 Å². The molecule has 4 aromatic heterocycles. The summed E-state index contributed by atoms with van der Waals surface area (Å²) in [5.41, 5.74) is 15.0. The Kier molecular flexibility index (Phi) is 8.79. The van der Waals surface area contributed by atoms with Crippen LogP contribution < -0.4 is 0 Å². The molecule has 0 aliphatic rings. The van der Waals surface area contributed by atoms with E-state index in [4.69, 9.17) is 15.0 Å². The van der Waals surface area contributed by atoms with Crippen molar-refractivity contribution in [3.8, 4) is 62.4 Å². The molecule has 0 unspecified atom stereocenters. The quantitative estimate of drug-likeness (QED) is 0.160. The van der Waals surface area contributed by atoms with Gasteiger partial charge in [0, 0.05) is 54.8 Å². The van der Waals surface area contributed by atoms with Crippen molar-refractivity contribution in [1.82, 2.24) is 28.7 Å². The Labute approximate surface area is 397 Å². The van der Waals surface area contributed by atoms with E-state index in [-0.39, 0.29) is 0 Å². The van der Waals surface area contributed by atoms with Crippen molar-refractivity contribution >= 4 is 65.4 Å². The van der Waals surface area contributed by atoms with E-state index in [2.05, 4.69) is 244 Å². The topological polar surface area (TPSA) is 53.5 Å². The molecule has 6 heteroatoms. The van der Waals surface area contributed by atoms with E-state index in [1.54, 1.807) is 0 Å². The fourth-order valence-electron chi connectivity index (χ4n) is 10.6. The molecule has 322 valence electrons. The van der Waals surface area contributed by atoms with E-state index in [0.717, 1.165) is 94.0 Å².